The zero-order valence-electron chi connectivity index (χ0n) is 17.1. The highest BCUT2D eigenvalue weighted by atomic mass is 19.1. The number of rotatable bonds is 4. The fourth-order valence-electron chi connectivity index (χ4n) is 5.58. The van der Waals surface area contributed by atoms with Gasteiger partial charge in [0.2, 0.25) is 0 Å². The van der Waals surface area contributed by atoms with Crippen molar-refractivity contribution >= 4 is 11.7 Å². The van der Waals surface area contributed by atoms with E-state index in [9.17, 15) is 9.18 Å². The summed E-state index contributed by atoms with van der Waals surface area (Å²) in [5.41, 5.74) is 2.23. The minimum absolute atomic E-state index is 0.0811. The van der Waals surface area contributed by atoms with Crippen LogP contribution in [0.2, 0.25) is 0 Å². The molecule has 1 saturated heterocycles. The molecule has 2 aromatic heterocycles. The molecule has 3 aromatic rings. The lowest BCUT2D eigenvalue weighted by Gasteiger charge is -2.48. The fourth-order valence-corrected chi connectivity index (χ4v) is 5.58. The molecule has 3 heterocycles. The molecule has 6 nitrogen and oxygen atoms in total. The Kier molecular flexibility index (Phi) is 3.91. The predicted molar refractivity (Wildman–Crippen MR) is 114 cm³/mol. The molecule has 1 amide bonds. The number of nitrogens with zero attached hydrogens (tertiary/aromatic N) is 4. The highest BCUT2D eigenvalue weighted by Gasteiger charge is 2.75. The van der Waals surface area contributed by atoms with Gasteiger partial charge >= 0.3 is 0 Å². The molecule has 6 rings (SSSR count). The first-order valence-electron chi connectivity index (χ1n) is 10.6. The Labute approximate surface area is 179 Å². The zero-order valence-corrected chi connectivity index (χ0v) is 17.1. The molecule has 31 heavy (non-hydrogen) atoms. The molecule has 1 aliphatic heterocycles. The van der Waals surface area contributed by atoms with E-state index in [1.165, 1.54) is 18.6 Å². The van der Waals surface area contributed by atoms with Crippen LogP contribution in [-0.2, 0) is 0 Å². The van der Waals surface area contributed by atoms with Crippen molar-refractivity contribution in [2.24, 2.45) is 11.3 Å². The number of piperidine rings is 1. The molecule has 1 spiro atoms. The highest BCUT2D eigenvalue weighted by molar-refractivity contribution is 6.01. The maximum Gasteiger partial charge on any atom is 0.254 e. The number of likely N-dealkylation sites (tertiary alicyclic amines) is 1. The molecule has 7 heteroatoms. The summed E-state index contributed by atoms with van der Waals surface area (Å²) < 4.78 is 14.0. The van der Waals surface area contributed by atoms with Crippen molar-refractivity contribution in [3.05, 3.63) is 71.9 Å². The van der Waals surface area contributed by atoms with Crippen LogP contribution in [0.3, 0.4) is 0 Å². The first-order chi connectivity index (χ1) is 15.0. The van der Waals surface area contributed by atoms with E-state index in [4.69, 9.17) is 0 Å². The minimum atomic E-state index is -0.409. The smallest absolute Gasteiger partial charge is 0.254 e. The summed E-state index contributed by atoms with van der Waals surface area (Å²) in [6.07, 6.45) is 7.28. The molecule has 2 aliphatic carbocycles. The second-order valence-corrected chi connectivity index (χ2v) is 8.97. The van der Waals surface area contributed by atoms with Crippen molar-refractivity contribution in [1.29, 1.82) is 0 Å². The summed E-state index contributed by atoms with van der Waals surface area (Å²) in [5, 5.41) is 3.53. The lowest BCUT2D eigenvalue weighted by molar-refractivity contribution is 0.0472. The van der Waals surface area contributed by atoms with E-state index in [1.807, 2.05) is 30.2 Å². The van der Waals surface area contributed by atoms with Gasteiger partial charge in [-0.2, -0.15) is 0 Å². The van der Waals surface area contributed by atoms with Gasteiger partial charge in [0, 0.05) is 36.7 Å². The van der Waals surface area contributed by atoms with Gasteiger partial charge in [0.1, 0.15) is 11.6 Å². The number of carbonyl (C=O) groups is 1. The maximum atomic E-state index is 14.0. The van der Waals surface area contributed by atoms with Crippen LogP contribution in [0.25, 0.3) is 11.4 Å². The van der Waals surface area contributed by atoms with E-state index in [0.717, 1.165) is 24.3 Å². The number of halogens is 1. The summed E-state index contributed by atoms with van der Waals surface area (Å²) in [7, 11) is 0. The summed E-state index contributed by atoms with van der Waals surface area (Å²) >= 11 is 0. The van der Waals surface area contributed by atoms with Crippen LogP contribution in [-0.4, -0.2) is 44.4 Å². The average Bonchev–Trinajstić information content (AvgIpc) is 3.43. The Bertz CT molecular complexity index is 1170. The third-order valence-corrected chi connectivity index (χ3v) is 7.13. The van der Waals surface area contributed by atoms with Crippen LogP contribution in [0.4, 0.5) is 10.2 Å². The maximum absolute atomic E-state index is 14.0. The van der Waals surface area contributed by atoms with Crippen molar-refractivity contribution in [3.63, 3.8) is 0 Å². The second-order valence-electron chi connectivity index (χ2n) is 8.97. The van der Waals surface area contributed by atoms with Crippen LogP contribution in [0.15, 0.2) is 55.0 Å². The lowest BCUT2D eigenvalue weighted by Crippen LogP contribution is -2.60. The van der Waals surface area contributed by atoms with Gasteiger partial charge in [0.05, 0.1) is 11.6 Å². The van der Waals surface area contributed by atoms with Gasteiger partial charge in [0.25, 0.3) is 5.91 Å². The second kappa shape index (κ2) is 6.57. The predicted octanol–water partition coefficient (Wildman–Crippen LogP) is 3.70. The van der Waals surface area contributed by atoms with E-state index < -0.39 is 5.82 Å². The van der Waals surface area contributed by atoms with Crippen LogP contribution in [0.1, 0.15) is 28.8 Å². The number of aryl methyl sites for hydroxylation is 1. The molecule has 3 aliphatic rings. The summed E-state index contributed by atoms with van der Waals surface area (Å²) in [4.78, 5) is 28.6. The zero-order chi connectivity index (χ0) is 21.2. The van der Waals surface area contributed by atoms with Crippen molar-refractivity contribution < 1.29 is 9.18 Å². The number of amides is 1. The quantitative estimate of drug-likeness (QED) is 0.704. The monoisotopic (exact) mass is 415 g/mol. The number of aromatic nitrogens is 3. The van der Waals surface area contributed by atoms with Gasteiger partial charge in [-0.1, -0.05) is 6.07 Å². The third kappa shape index (κ3) is 2.83. The van der Waals surface area contributed by atoms with Gasteiger partial charge in [-0.25, -0.2) is 19.3 Å². The normalized spacial score (nSPS) is 27.8. The fraction of sp³-hybridized carbons (Fsp3) is 0.333. The Morgan fingerprint density at radius 1 is 1.16 bits per heavy atom. The summed E-state index contributed by atoms with van der Waals surface area (Å²) in [6.45, 7) is 2.76. The molecule has 2 saturated carbocycles. The first kappa shape index (κ1) is 18.4. The SMILES string of the molecule is Cc1ccc(NC2CC34CC3CN(C(=O)c3ccc(F)cc3-c3ncccn3)C24)nc1. The topological polar surface area (TPSA) is 71.0 Å². The standard InChI is InChI=1S/C24H22FN5O/c1-14-3-6-20(28-12-14)29-19-11-24-10-15(24)13-30(21(19)24)23(31)17-5-4-16(25)9-18(17)22-26-7-2-8-27-22/h2-9,12,15,19,21H,10-11,13H2,1H3,(H,28,29). The van der Waals surface area contributed by atoms with Crippen LogP contribution < -0.4 is 5.32 Å². The van der Waals surface area contributed by atoms with Gasteiger partial charge in [-0.3, -0.25) is 4.79 Å². The lowest BCUT2D eigenvalue weighted by atomic mass is 9.71. The molecular weight excluding hydrogens is 393 g/mol. The number of nitrogens with one attached hydrogen (secondary N) is 1. The largest absolute Gasteiger partial charge is 0.365 e. The third-order valence-electron chi connectivity index (χ3n) is 7.13. The number of pyridine rings is 1. The number of hydrogen-bond acceptors (Lipinski definition) is 5. The molecule has 0 bridgehead atoms. The van der Waals surface area contributed by atoms with Gasteiger partial charge in [-0.15, -0.1) is 0 Å². The van der Waals surface area contributed by atoms with E-state index in [2.05, 4.69) is 20.3 Å². The van der Waals surface area contributed by atoms with E-state index in [-0.39, 0.29) is 23.4 Å². The average molecular weight is 415 g/mol. The number of benzene rings is 1. The molecule has 4 atom stereocenters. The van der Waals surface area contributed by atoms with Crippen molar-refractivity contribution in [3.8, 4) is 11.4 Å². The first-order valence-corrected chi connectivity index (χ1v) is 10.6. The van der Waals surface area contributed by atoms with Crippen molar-refractivity contribution in [2.75, 3.05) is 11.9 Å². The molecular formula is C24H22FN5O. The van der Waals surface area contributed by atoms with Crippen LogP contribution >= 0.6 is 0 Å². The Morgan fingerprint density at radius 3 is 2.77 bits per heavy atom. The molecule has 1 N–H and O–H groups in total. The van der Waals surface area contributed by atoms with Gasteiger partial charge in [0.15, 0.2) is 5.82 Å². The van der Waals surface area contributed by atoms with Gasteiger partial charge in [-0.05, 0) is 67.0 Å². The summed E-state index contributed by atoms with van der Waals surface area (Å²) in [6, 6.07) is 10.3. The van der Waals surface area contributed by atoms with E-state index in [0.29, 0.717) is 22.9 Å². The van der Waals surface area contributed by atoms with Crippen molar-refractivity contribution in [1.82, 2.24) is 19.9 Å². The Morgan fingerprint density at radius 2 is 2.00 bits per heavy atom. The number of anilines is 1. The van der Waals surface area contributed by atoms with E-state index >= 15 is 0 Å². The highest BCUT2D eigenvalue weighted by Crippen LogP contribution is 2.71. The Balaban J connectivity index is 1.30. The molecule has 1 aromatic carbocycles. The molecule has 4 unspecified atom stereocenters. The van der Waals surface area contributed by atoms with Crippen LogP contribution in [0.5, 0.6) is 0 Å². The van der Waals surface area contributed by atoms with Crippen LogP contribution in [0, 0.1) is 24.1 Å². The minimum Gasteiger partial charge on any atom is -0.365 e. The van der Waals surface area contributed by atoms with Crippen molar-refractivity contribution in [2.45, 2.75) is 31.8 Å². The Hall–Kier alpha value is -3.35. The number of hydrogen-bond donors (Lipinski definition) is 1. The molecule has 0 radical (unpaired) electrons. The molecule has 3 fully saturated rings. The molecule has 156 valence electrons. The van der Waals surface area contributed by atoms with E-state index in [1.54, 1.807) is 24.5 Å². The van der Waals surface area contributed by atoms with Gasteiger partial charge < -0.3 is 10.2 Å². The summed E-state index contributed by atoms with van der Waals surface area (Å²) in [5.74, 6) is 1.26. The number of carbonyl (C=O) groups excluding carboxylic acids is 1.